The van der Waals surface area contributed by atoms with Crippen molar-refractivity contribution in [2.75, 3.05) is 38.1 Å². The van der Waals surface area contributed by atoms with Crippen LogP contribution in [0, 0.1) is 5.92 Å². The van der Waals surface area contributed by atoms with Crippen LogP contribution in [0.2, 0.25) is 0 Å². The summed E-state index contributed by atoms with van der Waals surface area (Å²) in [6.07, 6.45) is 4.72. The first-order valence-corrected chi connectivity index (χ1v) is 11.7. The van der Waals surface area contributed by atoms with Gasteiger partial charge in [-0.15, -0.1) is 0 Å². The van der Waals surface area contributed by atoms with Gasteiger partial charge < -0.3 is 19.4 Å². The van der Waals surface area contributed by atoms with Crippen molar-refractivity contribution < 1.29 is 13.9 Å². The van der Waals surface area contributed by atoms with Crippen LogP contribution in [0.5, 0.6) is 0 Å². The predicted molar refractivity (Wildman–Crippen MR) is 125 cm³/mol. The number of furan rings is 1. The van der Waals surface area contributed by atoms with Gasteiger partial charge in [0.2, 0.25) is 0 Å². The van der Waals surface area contributed by atoms with Crippen molar-refractivity contribution in [3.05, 3.63) is 54.3 Å². The molecule has 6 heteroatoms. The molecule has 1 amide bonds. The van der Waals surface area contributed by atoms with Crippen molar-refractivity contribution in [1.29, 1.82) is 0 Å². The molecule has 6 nitrogen and oxygen atoms in total. The Morgan fingerprint density at radius 2 is 1.94 bits per heavy atom. The monoisotopic (exact) mass is 431 g/mol. The van der Waals surface area contributed by atoms with Crippen molar-refractivity contribution in [2.45, 2.75) is 31.4 Å². The highest BCUT2D eigenvalue weighted by molar-refractivity contribution is 5.94. The van der Waals surface area contributed by atoms with E-state index in [0.717, 1.165) is 78.8 Å². The Morgan fingerprint density at radius 1 is 1.09 bits per heavy atom. The van der Waals surface area contributed by atoms with Gasteiger partial charge in [-0.3, -0.25) is 4.90 Å². The number of rotatable bonds is 3. The van der Waals surface area contributed by atoms with Crippen LogP contribution < -0.4 is 10.2 Å². The van der Waals surface area contributed by atoms with E-state index >= 15 is 0 Å². The molecule has 1 aromatic heterocycles. The maximum atomic E-state index is 12.8. The first-order chi connectivity index (χ1) is 15.7. The van der Waals surface area contributed by atoms with E-state index in [1.54, 1.807) is 0 Å². The summed E-state index contributed by atoms with van der Waals surface area (Å²) in [7, 11) is 2.11. The lowest BCUT2D eigenvalue weighted by atomic mass is 9.86. The summed E-state index contributed by atoms with van der Waals surface area (Å²) in [6.45, 7) is 4.04. The SMILES string of the molecule is CN1CCC(NC(=O)O[C@@H]2CN3CCC2CC3)c2ccc(-c3coc4ccccc34)cc21. The zero-order chi connectivity index (χ0) is 21.7. The van der Waals surface area contributed by atoms with E-state index in [2.05, 4.69) is 46.4 Å². The van der Waals surface area contributed by atoms with E-state index < -0.39 is 0 Å². The zero-order valence-electron chi connectivity index (χ0n) is 18.4. The molecule has 5 heterocycles. The molecule has 3 fully saturated rings. The molecule has 0 spiro atoms. The van der Waals surface area contributed by atoms with Crippen molar-refractivity contribution >= 4 is 22.7 Å². The minimum atomic E-state index is -0.283. The molecule has 2 bridgehead atoms. The number of nitrogens with one attached hydrogen (secondary N) is 1. The summed E-state index contributed by atoms with van der Waals surface area (Å²) in [6, 6.07) is 14.5. The standard InChI is InChI=1S/C26H29N3O3/c1-28-11-10-22(27-26(30)32-25-15-29-12-8-17(25)9-13-29)20-7-6-18(14-23(20)28)21-16-31-24-5-3-2-4-19(21)24/h2-7,14,16-17,22,25H,8-13,15H2,1H3,(H,27,30)/t22?,25-/m1/s1. The molecule has 166 valence electrons. The molecule has 0 saturated carbocycles. The molecule has 32 heavy (non-hydrogen) atoms. The van der Waals surface area contributed by atoms with Gasteiger partial charge in [0.25, 0.3) is 0 Å². The Morgan fingerprint density at radius 3 is 2.75 bits per heavy atom. The number of ether oxygens (including phenoxy) is 1. The Balaban J connectivity index is 1.22. The van der Waals surface area contributed by atoms with E-state index in [1.807, 2.05) is 24.5 Å². The second-order valence-electron chi connectivity index (χ2n) is 9.41. The maximum Gasteiger partial charge on any atom is 0.407 e. The fourth-order valence-electron chi connectivity index (χ4n) is 5.64. The Hall–Kier alpha value is -2.99. The lowest BCUT2D eigenvalue weighted by Gasteiger charge is -2.44. The highest BCUT2D eigenvalue weighted by Crippen LogP contribution is 2.39. The van der Waals surface area contributed by atoms with Gasteiger partial charge in [0.05, 0.1) is 12.3 Å². The largest absolute Gasteiger partial charge is 0.464 e. The number of anilines is 1. The molecule has 7 rings (SSSR count). The topological polar surface area (TPSA) is 58.0 Å². The van der Waals surface area contributed by atoms with Gasteiger partial charge in [-0.25, -0.2) is 4.79 Å². The van der Waals surface area contributed by atoms with E-state index in [0.29, 0.717) is 5.92 Å². The minimum absolute atomic E-state index is 0.0278. The summed E-state index contributed by atoms with van der Waals surface area (Å²) in [5, 5.41) is 4.27. The lowest BCUT2D eigenvalue weighted by Crippen LogP contribution is -2.52. The maximum absolute atomic E-state index is 12.8. The third-order valence-electron chi connectivity index (χ3n) is 7.51. The average Bonchev–Trinajstić information content (AvgIpc) is 3.26. The fourth-order valence-corrected chi connectivity index (χ4v) is 5.64. The first-order valence-electron chi connectivity index (χ1n) is 11.7. The van der Waals surface area contributed by atoms with Gasteiger partial charge in [-0.2, -0.15) is 0 Å². The van der Waals surface area contributed by atoms with Gasteiger partial charge >= 0.3 is 6.09 Å². The molecule has 2 atom stereocenters. The van der Waals surface area contributed by atoms with Crippen LogP contribution >= 0.6 is 0 Å². The van der Waals surface area contributed by atoms with E-state index in [-0.39, 0.29) is 18.2 Å². The zero-order valence-corrected chi connectivity index (χ0v) is 18.4. The average molecular weight is 432 g/mol. The fraction of sp³-hybridized carbons (Fsp3) is 0.423. The number of carbonyl (C=O) groups is 1. The van der Waals surface area contributed by atoms with Gasteiger partial charge in [-0.1, -0.05) is 30.3 Å². The number of nitrogens with zero attached hydrogens (tertiary/aromatic N) is 2. The number of alkyl carbamates (subject to hydrolysis) is 1. The predicted octanol–water partition coefficient (Wildman–Crippen LogP) is 4.80. The van der Waals surface area contributed by atoms with Gasteiger partial charge in [0.15, 0.2) is 0 Å². The Kier molecular flexibility index (Phi) is 4.83. The van der Waals surface area contributed by atoms with Crippen LogP contribution in [0.3, 0.4) is 0 Å². The quantitative estimate of drug-likeness (QED) is 0.646. The number of carbonyl (C=O) groups excluding carboxylic acids is 1. The lowest BCUT2D eigenvalue weighted by molar-refractivity contribution is -0.0340. The second kappa shape index (κ2) is 7.85. The van der Waals surface area contributed by atoms with Crippen LogP contribution in [0.25, 0.3) is 22.1 Å². The first kappa shape index (κ1) is 19.7. The van der Waals surface area contributed by atoms with Crippen LogP contribution in [0.4, 0.5) is 10.5 Å². The normalized spacial score (nSPS) is 26.7. The van der Waals surface area contributed by atoms with Crippen LogP contribution in [-0.2, 0) is 4.74 Å². The molecule has 2 aromatic carbocycles. The summed E-state index contributed by atoms with van der Waals surface area (Å²) in [5.74, 6) is 0.517. The molecule has 0 aliphatic carbocycles. The number of piperidine rings is 3. The molecular formula is C26H29N3O3. The number of fused-ring (bicyclic) bond motifs is 5. The number of hydrogen-bond acceptors (Lipinski definition) is 5. The van der Waals surface area contributed by atoms with E-state index in [1.165, 1.54) is 0 Å². The summed E-state index contributed by atoms with van der Waals surface area (Å²) in [4.78, 5) is 17.4. The van der Waals surface area contributed by atoms with Crippen molar-refractivity contribution in [1.82, 2.24) is 10.2 Å². The molecule has 3 aromatic rings. The summed E-state index contributed by atoms with van der Waals surface area (Å²) in [5.41, 5.74) is 5.39. The van der Waals surface area contributed by atoms with Crippen LogP contribution in [-0.4, -0.2) is 50.3 Å². The highest BCUT2D eigenvalue weighted by atomic mass is 16.6. The van der Waals surface area contributed by atoms with Gasteiger partial charge in [0.1, 0.15) is 11.7 Å². The van der Waals surface area contributed by atoms with Crippen molar-refractivity contribution in [2.24, 2.45) is 5.92 Å². The minimum Gasteiger partial charge on any atom is -0.464 e. The van der Waals surface area contributed by atoms with E-state index in [4.69, 9.17) is 9.15 Å². The number of hydrogen-bond donors (Lipinski definition) is 1. The number of para-hydroxylation sites is 1. The molecule has 1 unspecified atom stereocenters. The second-order valence-corrected chi connectivity index (χ2v) is 9.41. The molecule has 1 N–H and O–H groups in total. The molecule has 4 aliphatic rings. The number of amides is 1. The summed E-state index contributed by atoms with van der Waals surface area (Å²) < 4.78 is 11.6. The smallest absolute Gasteiger partial charge is 0.407 e. The highest BCUT2D eigenvalue weighted by Gasteiger charge is 2.37. The third kappa shape index (κ3) is 3.43. The molecular weight excluding hydrogens is 402 g/mol. The van der Waals surface area contributed by atoms with Crippen LogP contribution in [0.1, 0.15) is 30.9 Å². The Labute approximate surface area is 188 Å². The van der Waals surface area contributed by atoms with Crippen molar-refractivity contribution in [3.8, 4) is 11.1 Å². The van der Waals surface area contributed by atoms with Crippen LogP contribution in [0.15, 0.2) is 53.1 Å². The summed E-state index contributed by atoms with van der Waals surface area (Å²) >= 11 is 0. The van der Waals surface area contributed by atoms with Gasteiger partial charge in [0, 0.05) is 36.8 Å². The molecule has 3 saturated heterocycles. The third-order valence-corrected chi connectivity index (χ3v) is 7.51. The molecule has 4 aliphatic heterocycles. The van der Waals surface area contributed by atoms with Crippen molar-refractivity contribution in [3.63, 3.8) is 0 Å². The van der Waals surface area contributed by atoms with E-state index in [9.17, 15) is 4.79 Å². The number of benzene rings is 2. The molecule has 0 radical (unpaired) electrons. The van der Waals surface area contributed by atoms with Gasteiger partial charge in [-0.05, 0) is 61.5 Å². The Bertz CT molecular complexity index is 1150.